The molecular formula is C14H9Cl2N3O2S. The zero-order valence-corrected chi connectivity index (χ0v) is 13.4. The Morgan fingerprint density at radius 1 is 1.23 bits per heavy atom. The Bertz CT molecular complexity index is 802. The molecule has 2 heterocycles. The lowest BCUT2D eigenvalue weighted by Gasteiger charge is -2.04. The van der Waals surface area contributed by atoms with Crippen molar-refractivity contribution in [3.8, 4) is 10.8 Å². The fourth-order valence-corrected chi connectivity index (χ4v) is 2.69. The van der Waals surface area contributed by atoms with Crippen molar-refractivity contribution in [2.75, 3.05) is 0 Å². The molecule has 8 heteroatoms. The van der Waals surface area contributed by atoms with Crippen LogP contribution in [0.4, 0.5) is 0 Å². The lowest BCUT2D eigenvalue weighted by atomic mass is 10.2. The smallest absolute Gasteiger partial charge is 0.309 e. The van der Waals surface area contributed by atoms with Gasteiger partial charge in [-0.25, -0.2) is 0 Å². The normalized spacial score (nSPS) is 10.6. The van der Waals surface area contributed by atoms with Crippen LogP contribution >= 0.6 is 34.5 Å². The van der Waals surface area contributed by atoms with Crippen molar-refractivity contribution in [2.24, 2.45) is 0 Å². The fraction of sp³-hybridized carbons (Fsp3) is 0.0714. The minimum Gasteiger partial charge on any atom is -0.411 e. The predicted molar refractivity (Wildman–Crippen MR) is 85.2 cm³/mol. The zero-order valence-electron chi connectivity index (χ0n) is 11.0. The molecule has 112 valence electrons. The van der Waals surface area contributed by atoms with Gasteiger partial charge in [0.1, 0.15) is 0 Å². The molecule has 3 aromatic rings. The summed E-state index contributed by atoms with van der Waals surface area (Å²) in [5.41, 5.74) is 0.820. The molecule has 1 amide bonds. The minimum atomic E-state index is -0.443. The van der Waals surface area contributed by atoms with E-state index < -0.39 is 5.91 Å². The van der Waals surface area contributed by atoms with Crippen LogP contribution in [0.2, 0.25) is 10.0 Å². The molecule has 1 aromatic carbocycles. The number of aromatic nitrogens is 2. The van der Waals surface area contributed by atoms with Crippen molar-refractivity contribution in [3.63, 3.8) is 0 Å². The van der Waals surface area contributed by atoms with E-state index in [2.05, 4.69) is 15.5 Å². The number of carbonyl (C=O) groups is 1. The summed E-state index contributed by atoms with van der Waals surface area (Å²) in [4.78, 5) is 12.8. The number of benzene rings is 1. The van der Waals surface area contributed by atoms with E-state index >= 15 is 0 Å². The van der Waals surface area contributed by atoms with Crippen LogP contribution in [-0.4, -0.2) is 16.1 Å². The van der Waals surface area contributed by atoms with Gasteiger partial charge in [-0.15, -0.1) is 21.5 Å². The van der Waals surface area contributed by atoms with Crippen LogP contribution in [0.25, 0.3) is 10.8 Å². The van der Waals surface area contributed by atoms with Crippen molar-refractivity contribution in [3.05, 3.63) is 57.2 Å². The number of halogens is 2. The fourth-order valence-electron chi connectivity index (χ4n) is 1.72. The van der Waals surface area contributed by atoms with Crippen molar-refractivity contribution < 1.29 is 9.21 Å². The maximum absolute atomic E-state index is 12.0. The summed E-state index contributed by atoms with van der Waals surface area (Å²) in [6.07, 6.45) is 0. The number of rotatable bonds is 4. The Kier molecular flexibility index (Phi) is 4.42. The van der Waals surface area contributed by atoms with Gasteiger partial charge in [0.15, 0.2) is 0 Å². The van der Waals surface area contributed by atoms with E-state index in [0.29, 0.717) is 15.9 Å². The van der Waals surface area contributed by atoms with E-state index in [0.717, 1.165) is 10.4 Å². The van der Waals surface area contributed by atoms with Crippen LogP contribution in [-0.2, 0) is 6.54 Å². The summed E-state index contributed by atoms with van der Waals surface area (Å²) in [5.74, 6) is -0.195. The highest BCUT2D eigenvalue weighted by Crippen LogP contribution is 2.23. The minimum absolute atomic E-state index is 0.0801. The Hall–Kier alpha value is -1.89. The van der Waals surface area contributed by atoms with Gasteiger partial charge in [0, 0.05) is 6.54 Å². The second-order valence-electron chi connectivity index (χ2n) is 4.32. The van der Waals surface area contributed by atoms with Gasteiger partial charge < -0.3 is 9.73 Å². The first-order chi connectivity index (χ1) is 10.6. The van der Waals surface area contributed by atoms with E-state index in [-0.39, 0.29) is 12.4 Å². The highest BCUT2D eigenvalue weighted by atomic mass is 35.5. The number of hydrogen-bond donors (Lipinski definition) is 1. The van der Waals surface area contributed by atoms with Gasteiger partial charge in [-0.05, 0) is 29.1 Å². The Morgan fingerprint density at radius 3 is 2.82 bits per heavy atom. The number of nitrogens with one attached hydrogen (secondary N) is 1. The van der Waals surface area contributed by atoms with Crippen molar-refractivity contribution in [1.82, 2.24) is 15.5 Å². The third kappa shape index (κ3) is 3.30. The summed E-state index contributed by atoms with van der Waals surface area (Å²) < 4.78 is 5.35. The first kappa shape index (κ1) is 15.0. The Balaban J connectivity index is 1.66. The van der Waals surface area contributed by atoms with E-state index in [4.69, 9.17) is 27.6 Å². The summed E-state index contributed by atoms with van der Waals surface area (Å²) in [7, 11) is 0. The third-order valence-electron chi connectivity index (χ3n) is 2.79. The van der Waals surface area contributed by atoms with Gasteiger partial charge in [0.05, 0.1) is 14.9 Å². The molecule has 0 fully saturated rings. The molecule has 0 saturated heterocycles. The largest absolute Gasteiger partial charge is 0.411 e. The molecule has 0 atom stereocenters. The van der Waals surface area contributed by atoms with Crippen LogP contribution in [0.1, 0.15) is 16.2 Å². The second-order valence-corrected chi connectivity index (χ2v) is 6.08. The van der Waals surface area contributed by atoms with Crippen LogP contribution in [0.15, 0.2) is 40.1 Å². The molecule has 0 bridgehead atoms. The molecule has 5 nitrogen and oxygen atoms in total. The molecule has 0 spiro atoms. The van der Waals surface area contributed by atoms with Crippen LogP contribution in [0.3, 0.4) is 0 Å². The average Bonchev–Trinajstić information content (AvgIpc) is 3.18. The van der Waals surface area contributed by atoms with Gasteiger partial charge in [-0.2, -0.15) is 0 Å². The van der Waals surface area contributed by atoms with Gasteiger partial charge in [0.25, 0.3) is 5.89 Å². The van der Waals surface area contributed by atoms with Crippen LogP contribution in [0, 0.1) is 0 Å². The number of amides is 1. The molecule has 3 rings (SSSR count). The zero-order chi connectivity index (χ0) is 15.5. The summed E-state index contributed by atoms with van der Waals surface area (Å²) in [6, 6.07) is 8.85. The van der Waals surface area contributed by atoms with Gasteiger partial charge in [-0.1, -0.05) is 35.3 Å². The molecule has 0 aliphatic carbocycles. The quantitative estimate of drug-likeness (QED) is 0.768. The SMILES string of the molecule is O=C(NCc1ccc(Cl)c(Cl)c1)c1nnc(-c2cccs2)o1. The number of nitrogens with zero attached hydrogens (tertiary/aromatic N) is 2. The molecule has 0 unspecified atom stereocenters. The number of hydrogen-bond acceptors (Lipinski definition) is 5. The van der Waals surface area contributed by atoms with Crippen molar-refractivity contribution in [1.29, 1.82) is 0 Å². The topological polar surface area (TPSA) is 68.0 Å². The number of carbonyl (C=O) groups excluding carboxylic acids is 1. The molecule has 0 saturated carbocycles. The highest BCUT2D eigenvalue weighted by Gasteiger charge is 2.16. The molecule has 2 aromatic heterocycles. The van der Waals surface area contributed by atoms with Crippen LogP contribution in [0.5, 0.6) is 0 Å². The van der Waals surface area contributed by atoms with E-state index in [9.17, 15) is 4.79 Å². The lowest BCUT2D eigenvalue weighted by molar-refractivity contribution is 0.0917. The predicted octanol–water partition coefficient (Wildman–Crippen LogP) is 4.03. The maximum Gasteiger partial charge on any atom is 0.309 e. The standard InChI is InChI=1S/C14H9Cl2N3O2S/c15-9-4-3-8(6-10(9)16)7-17-12(20)14-19-18-13(21-14)11-2-1-5-22-11/h1-6H,7H2,(H,17,20). The van der Waals surface area contributed by atoms with E-state index in [1.54, 1.807) is 18.2 Å². The summed E-state index contributed by atoms with van der Waals surface area (Å²) in [5, 5.41) is 13.1. The molecule has 0 aliphatic heterocycles. The first-order valence-electron chi connectivity index (χ1n) is 6.23. The van der Waals surface area contributed by atoms with E-state index in [1.165, 1.54) is 11.3 Å². The van der Waals surface area contributed by atoms with Gasteiger partial charge in [-0.3, -0.25) is 4.79 Å². The van der Waals surface area contributed by atoms with E-state index in [1.807, 2.05) is 17.5 Å². The van der Waals surface area contributed by atoms with Crippen LogP contribution < -0.4 is 5.32 Å². The summed E-state index contributed by atoms with van der Waals surface area (Å²) in [6.45, 7) is 0.284. The Morgan fingerprint density at radius 2 is 2.09 bits per heavy atom. The second kappa shape index (κ2) is 6.48. The Labute approximate surface area is 139 Å². The molecular weight excluding hydrogens is 345 g/mol. The van der Waals surface area contributed by atoms with Crippen molar-refractivity contribution >= 4 is 40.4 Å². The summed E-state index contributed by atoms with van der Waals surface area (Å²) >= 11 is 13.2. The first-order valence-corrected chi connectivity index (χ1v) is 7.86. The van der Waals surface area contributed by atoms with Gasteiger partial charge in [0.2, 0.25) is 0 Å². The van der Waals surface area contributed by atoms with Gasteiger partial charge >= 0.3 is 11.8 Å². The lowest BCUT2D eigenvalue weighted by Crippen LogP contribution is -2.23. The molecule has 0 radical (unpaired) electrons. The molecule has 22 heavy (non-hydrogen) atoms. The average molecular weight is 354 g/mol. The molecule has 1 N–H and O–H groups in total. The highest BCUT2D eigenvalue weighted by molar-refractivity contribution is 7.13. The monoisotopic (exact) mass is 353 g/mol. The maximum atomic E-state index is 12.0. The molecule has 0 aliphatic rings. The number of thiophene rings is 1. The van der Waals surface area contributed by atoms with Crippen molar-refractivity contribution in [2.45, 2.75) is 6.54 Å². The third-order valence-corrected chi connectivity index (χ3v) is 4.39.